The summed E-state index contributed by atoms with van der Waals surface area (Å²) in [6.07, 6.45) is 0. The van der Waals surface area contributed by atoms with Gasteiger partial charge in [0, 0.05) is 31.9 Å². The van der Waals surface area contributed by atoms with Crippen LogP contribution in [0.2, 0.25) is 0 Å². The van der Waals surface area contributed by atoms with Gasteiger partial charge in [0.2, 0.25) is 11.6 Å². The van der Waals surface area contributed by atoms with E-state index in [1.807, 2.05) is 43.3 Å². The summed E-state index contributed by atoms with van der Waals surface area (Å²) < 4.78 is 2.94. The molecule has 0 saturated carbocycles. The van der Waals surface area contributed by atoms with Gasteiger partial charge in [-0.2, -0.15) is 9.36 Å². The third-order valence-corrected chi connectivity index (χ3v) is 4.05. The molecule has 0 aliphatic rings. The number of aromatic nitrogens is 8. The Morgan fingerprint density at radius 3 is 1.71 bits per heavy atom. The maximum absolute atomic E-state index is 10.8. The van der Waals surface area contributed by atoms with Gasteiger partial charge in [-0.3, -0.25) is 10.1 Å². The van der Waals surface area contributed by atoms with E-state index in [-0.39, 0.29) is 5.69 Å². The molecule has 4 aromatic rings. The number of rotatable bonds is 5. The number of non-ortho nitro benzene ring substituents is 1. The molecule has 2 heterocycles. The Morgan fingerprint density at radius 2 is 1.29 bits per heavy atom. The second kappa shape index (κ2) is 6.83. The number of benzene rings is 2. The van der Waals surface area contributed by atoms with E-state index in [1.165, 1.54) is 21.5 Å². The van der Waals surface area contributed by atoms with Crippen LogP contribution in [0.5, 0.6) is 0 Å². The predicted molar refractivity (Wildman–Crippen MR) is 98.3 cm³/mol. The molecule has 0 N–H and O–H groups in total. The lowest BCUT2D eigenvalue weighted by Gasteiger charge is -2.12. The first kappa shape index (κ1) is 17.2. The lowest BCUT2D eigenvalue weighted by molar-refractivity contribution is -0.384. The quantitative estimate of drug-likeness (QED) is 0.372. The molecule has 0 atom stereocenters. The molecule has 0 unspecified atom stereocenters. The van der Waals surface area contributed by atoms with E-state index >= 15 is 0 Å². The van der Waals surface area contributed by atoms with Crippen LogP contribution in [-0.2, 0) is 0 Å². The molecular formula is C16H14N10O2. The van der Waals surface area contributed by atoms with Gasteiger partial charge in [0.05, 0.1) is 16.3 Å². The van der Waals surface area contributed by atoms with Crippen molar-refractivity contribution in [3.63, 3.8) is 0 Å². The highest BCUT2D eigenvalue weighted by Crippen LogP contribution is 2.22. The molecule has 2 aromatic heterocycles. The van der Waals surface area contributed by atoms with E-state index in [1.54, 1.807) is 12.1 Å². The summed E-state index contributed by atoms with van der Waals surface area (Å²) in [5.74, 6) is 0.636. The molecule has 140 valence electrons. The third kappa shape index (κ3) is 3.02. The summed E-state index contributed by atoms with van der Waals surface area (Å²) in [6, 6.07) is 13.5. The fourth-order valence-electron chi connectivity index (χ4n) is 2.61. The van der Waals surface area contributed by atoms with E-state index in [4.69, 9.17) is 0 Å². The Balaban J connectivity index is 1.73. The normalized spacial score (nSPS) is 10.8. The second-order valence-electron chi connectivity index (χ2n) is 6.01. The minimum atomic E-state index is -0.470. The molecule has 0 amide bonds. The average molecular weight is 378 g/mol. The highest BCUT2D eigenvalue weighted by Gasteiger charge is 2.19. The highest BCUT2D eigenvalue weighted by molar-refractivity contribution is 5.55. The van der Waals surface area contributed by atoms with E-state index in [9.17, 15) is 10.1 Å². The van der Waals surface area contributed by atoms with Gasteiger partial charge in [0.25, 0.3) is 5.69 Å². The lowest BCUT2D eigenvalue weighted by Crippen LogP contribution is -2.09. The van der Waals surface area contributed by atoms with Crippen LogP contribution in [0.4, 0.5) is 11.4 Å². The fraction of sp³-hybridized carbons (Fsp3) is 0.125. The molecule has 12 nitrogen and oxygen atoms in total. The summed E-state index contributed by atoms with van der Waals surface area (Å²) in [4.78, 5) is 12.4. The zero-order chi connectivity index (χ0) is 19.7. The number of tetrazole rings is 2. The van der Waals surface area contributed by atoms with Gasteiger partial charge in [0.1, 0.15) is 0 Å². The monoisotopic (exact) mass is 378 g/mol. The van der Waals surface area contributed by atoms with Crippen LogP contribution in [0.3, 0.4) is 0 Å². The molecule has 0 radical (unpaired) electrons. The van der Waals surface area contributed by atoms with Crippen LogP contribution in [0.15, 0.2) is 48.5 Å². The first-order chi connectivity index (χ1) is 13.5. The van der Waals surface area contributed by atoms with Crippen LogP contribution >= 0.6 is 0 Å². The van der Waals surface area contributed by atoms with Crippen molar-refractivity contribution in [2.75, 3.05) is 19.0 Å². The highest BCUT2D eigenvalue weighted by atomic mass is 16.6. The Bertz CT molecular complexity index is 1120. The van der Waals surface area contributed by atoms with Gasteiger partial charge in [0.15, 0.2) is 0 Å². The van der Waals surface area contributed by atoms with Gasteiger partial charge < -0.3 is 4.90 Å². The minimum Gasteiger partial charge on any atom is -0.378 e. The number of hydrogen-bond acceptors (Lipinski definition) is 9. The van der Waals surface area contributed by atoms with Gasteiger partial charge >= 0.3 is 0 Å². The zero-order valence-corrected chi connectivity index (χ0v) is 14.9. The molecule has 12 heteroatoms. The van der Waals surface area contributed by atoms with Crippen molar-refractivity contribution >= 4 is 11.4 Å². The molecule has 2 aromatic carbocycles. The van der Waals surface area contributed by atoms with Crippen LogP contribution < -0.4 is 4.90 Å². The van der Waals surface area contributed by atoms with E-state index in [2.05, 4.69) is 31.1 Å². The number of hydrogen-bond donors (Lipinski definition) is 0. The van der Waals surface area contributed by atoms with Crippen LogP contribution in [0.1, 0.15) is 0 Å². The Kier molecular flexibility index (Phi) is 4.20. The van der Waals surface area contributed by atoms with Gasteiger partial charge in [-0.15, -0.1) is 10.2 Å². The van der Waals surface area contributed by atoms with Gasteiger partial charge in [-0.25, -0.2) is 0 Å². The predicted octanol–water partition coefficient (Wildman–Crippen LogP) is 1.28. The summed E-state index contributed by atoms with van der Waals surface area (Å²) >= 11 is 0. The topological polar surface area (TPSA) is 134 Å². The molecular weight excluding hydrogens is 364 g/mol. The van der Waals surface area contributed by atoms with Crippen molar-refractivity contribution in [1.82, 2.24) is 40.4 Å². The maximum atomic E-state index is 10.8. The molecule has 0 spiro atoms. The molecule has 28 heavy (non-hydrogen) atoms. The van der Waals surface area contributed by atoms with Crippen molar-refractivity contribution in [3.05, 3.63) is 58.6 Å². The summed E-state index contributed by atoms with van der Waals surface area (Å²) in [5.41, 5.74) is 2.30. The Labute approximate surface area is 158 Å². The van der Waals surface area contributed by atoms with Crippen molar-refractivity contribution in [2.24, 2.45) is 0 Å². The summed E-state index contributed by atoms with van der Waals surface area (Å²) in [7, 11) is 3.91. The fourth-order valence-corrected chi connectivity index (χ4v) is 2.61. The Morgan fingerprint density at radius 1 is 0.821 bits per heavy atom. The number of nitro groups is 1. The maximum Gasteiger partial charge on any atom is 0.269 e. The smallest absolute Gasteiger partial charge is 0.269 e. The zero-order valence-electron chi connectivity index (χ0n) is 14.9. The standard InChI is InChI=1S/C16H14N10O2/c1-23(2)11-3-5-12(6-4-11)24-15(17-19-21-24)16-18-20-22-25(16)13-7-9-14(10-8-13)26(27)28/h3-10H,1-2H3. The molecule has 4 rings (SSSR count). The second-order valence-corrected chi connectivity index (χ2v) is 6.01. The van der Waals surface area contributed by atoms with Gasteiger partial charge in [-0.05, 0) is 57.3 Å². The molecule has 0 bridgehead atoms. The largest absolute Gasteiger partial charge is 0.378 e. The average Bonchev–Trinajstić information content (AvgIpc) is 3.37. The SMILES string of the molecule is CN(C)c1ccc(-n2nnnc2-c2nnnn2-c2ccc([N+](=O)[O-])cc2)cc1. The van der Waals surface area contributed by atoms with Crippen molar-refractivity contribution in [3.8, 4) is 23.0 Å². The van der Waals surface area contributed by atoms with E-state index < -0.39 is 4.92 Å². The van der Waals surface area contributed by atoms with Crippen molar-refractivity contribution in [1.29, 1.82) is 0 Å². The van der Waals surface area contributed by atoms with Crippen molar-refractivity contribution < 1.29 is 4.92 Å². The van der Waals surface area contributed by atoms with Crippen LogP contribution in [0.25, 0.3) is 23.0 Å². The lowest BCUT2D eigenvalue weighted by atomic mass is 10.2. The first-order valence-electron chi connectivity index (χ1n) is 8.14. The molecule has 0 aliphatic heterocycles. The summed E-state index contributed by atoms with van der Waals surface area (Å²) in [5, 5.41) is 34.3. The van der Waals surface area contributed by atoms with Crippen LogP contribution in [-0.4, -0.2) is 59.4 Å². The van der Waals surface area contributed by atoms with Gasteiger partial charge in [-0.1, -0.05) is 0 Å². The van der Waals surface area contributed by atoms with Crippen LogP contribution in [0, 0.1) is 10.1 Å². The summed E-state index contributed by atoms with van der Waals surface area (Å²) in [6.45, 7) is 0. The molecule has 0 aliphatic carbocycles. The number of nitrogens with zero attached hydrogens (tertiary/aromatic N) is 10. The molecule has 0 saturated heterocycles. The van der Waals surface area contributed by atoms with Crippen molar-refractivity contribution in [2.45, 2.75) is 0 Å². The minimum absolute atomic E-state index is 0.0239. The van der Waals surface area contributed by atoms with E-state index in [0.29, 0.717) is 17.3 Å². The van der Waals surface area contributed by atoms with E-state index in [0.717, 1.165) is 11.4 Å². The third-order valence-electron chi connectivity index (χ3n) is 4.05. The molecule has 0 fully saturated rings. The number of anilines is 1. The number of nitro benzene ring substituents is 1. The first-order valence-corrected chi connectivity index (χ1v) is 8.14. The Hall–Kier alpha value is -4.22.